The molecule has 152 valence electrons. The molecule has 3 rings (SSSR count). The largest absolute Gasteiger partial charge is 0.465 e. The van der Waals surface area contributed by atoms with Gasteiger partial charge < -0.3 is 10.1 Å². The van der Waals surface area contributed by atoms with Gasteiger partial charge in [0.2, 0.25) is 5.13 Å². The number of hydrogen-bond donors (Lipinski definition) is 1. The molecule has 0 atom stereocenters. The first-order valence-corrected chi connectivity index (χ1v) is 10.4. The Morgan fingerprint density at radius 3 is 2.66 bits per heavy atom. The van der Waals surface area contributed by atoms with E-state index in [9.17, 15) is 4.79 Å². The van der Waals surface area contributed by atoms with E-state index < -0.39 is 0 Å². The van der Waals surface area contributed by atoms with E-state index in [2.05, 4.69) is 35.2 Å². The SMILES string of the molecule is COC(=O)c1ccc(CN(C)Cn2nc(Nc3cccc(C)c3C)sc2=S)cc1. The number of ether oxygens (including phenoxy) is 1. The molecule has 1 heterocycles. The molecule has 0 unspecified atom stereocenters. The maximum Gasteiger partial charge on any atom is 0.337 e. The summed E-state index contributed by atoms with van der Waals surface area (Å²) >= 11 is 6.95. The second-order valence-electron chi connectivity index (χ2n) is 6.89. The van der Waals surface area contributed by atoms with Crippen LogP contribution in [0, 0.1) is 17.8 Å². The third kappa shape index (κ3) is 5.29. The summed E-state index contributed by atoms with van der Waals surface area (Å²) in [6.07, 6.45) is 0. The number of rotatable bonds is 7. The third-order valence-electron chi connectivity index (χ3n) is 4.66. The van der Waals surface area contributed by atoms with Crippen molar-refractivity contribution in [1.82, 2.24) is 14.7 Å². The maximum atomic E-state index is 11.5. The minimum Gasteiger partial charge on any atom is -0.465 e. The first-order chi connectivity index (χ1) is 13.9. The van der Waals surface area contributed by atoms with Crippen molar-refractivity contribution in [2.45, 2.75) is 27.1 Å². The van der Waals surface area contributed by atoms with Crippen LogP contribution in [0.1, 0.15) is 27.0 Å². The third-order valence-corrected chi connectivity index (χ3v) is 5.88. The van der Waals surface area contributed by atoms with Crippen LogP contribution in [0.25, 0.3) is 0 Å². The predicted molar refractivity (Wildman–Crippen MR) is 119 cm³/mol. The zero-order valence-electron chi connectivity index (χ0n) is 16.9. The quantitative estimate of drug-likeness (QED) is 0.426. The van der Waals surface area contributed by atoms with Gasteiger partial charge in [0.1, 0.15) is 0 Å². The van der Waals surface area contributed by atoms with Crippen LogP contribution in [0.5, 0.6) is 0 Å². The van der Waals surface area contributed by atoms with Crippen LogP contribution in [0.3, 0.4) is 0 Å². The molecule has 0 amide bonds. The van der Waals surface area contributed by atoms with Crippen LogP contribution < -0.4 is 5.32 Å². The zero-order chi connectivity index (χ0) is 21.0. The summed E-state index contributed by atoms with van der Waals surface area (Å²) in [5.41, 5.74) is 5.11. The van der Waals surface area contributed by atoms with Gasteiger partial charge in [-0.2, -0.15) is 0 Å². The Balaban J connectivity index is 1.65. The van der Waals surface area contributed by atoms with E-state index in [1.165, 1.54) is 29.6 Å². The Labute approximate surface area is 179 Å². The van der Waals surface area contributed by atoms with Crippen molar-refractivity contribution in [3.8, 4) is 0 Å². The summed E-state index contributed by atoms with van der Waals surface area (Å²) < 4.78 is 7.26. The topological polar surface area (TPSA) is 59.4 Å². The number of benzene rings is 2. The molecule has 3 aromatic rings. The van der Waals surface area contributed by atoms with Crippen LogP contribution in [-0.2, 0) is 18.0 Å². The number of nitrogens with one attached hydrogen (secondary N) is 1. The first-order valence-electron chi connectivity index (χ1n) is 9.14. The monoisotopic (exact) mass is 428 g/mol. The molecule has 0 aliphatic carbocycles. The highest BCUT2D eigenvalue weighted by molar-refractivity contribution is 7.73. The number of hydrogen-bond acceptors (Lipinski definition) is 7. The lowest BCUT2D eigenvalue weighted by atomic mass is 10.1. The molecule has 29 heavy (non-hydrogen) atoms. The van der Waals surface area contributed by atoms with Gasteiger partial charge in [-0.05, 0) is 68.0 Å². The van der Waals surface area contributed by atoms with Crippen LogP contribution in [0.2, 0.25) is 0 Å². The normalized spacial score (nSPS) is 10.9. The van der Waals surface area contributed by atoms with Crippen molar-refractivity contribution in [2.75, 3.05) is 19.5 Å². The lowest BCUT2D eigenvalue weighted by Crippen LogP contribution is -2.22. The molecule has 0 aliphatic heterocycles. The Morgan fingerprint density at radius 2 is 1.97 bits per heavy atom. The van der Waals surface area contributed by atoms with E-state index in [1.54, 1.807) is 12.1 Å². The standard InChI is InChI=1S/C21H24N4O2S2/c1-14-6-5-7-18(15(14)2)22-20-23-25(21(28)29-20)13-24(3)12-16-8-10-17(11-9-16)19(26)27-4/h5-11H,12-13H2,1-4H3,(H,22,23). The molecule has 2 aromatic carbocycles. The molecule has 0 saturated carbocycles. The molecule has 8 heteroatoms. The number of esters is 1. The summed E-state index contributed by atoms with van der Waals surface area (Å²) in [6, 6.07) is 13.6. The maximum absolute atomic E-state index is 11.5. The lowest BCUT2D eigenvalue weighted by molar-refractivity contribution is 0.0600. The van der Waals surface area contributed by atoms with Crippen molar-refractivity contribution in [3.05, 3.63) is 68.7 Å². The summed E-state index contributed by atoms with van der Waals surface area (Å²) in [4.78, 5) is 13.7. The van der Waals surface area contributed by atoms with Crippen molar-refractivity contribution in [2.24, 2.45) is 0 Å². The molecule has 0 aliphatic rings. The molecule has 1 N–H and O–H groups in total. The van der Waals surface area contributed by atoms with Crippen LogP contribution in [-0.4, -0.2) is 34.8 Å². The summed E-state index contributed by atoms with van der Waals surface area (Å²) in [5, 5.41) is 8.78. The molecule has 0 fully saturated rings. The molecular weight excluding hydrogens is 404 g/mol. The smallest absolute Gasteiger partial charge is 0.337 e. The van der Waals surface area contributed by atoms with E-state index in [0.29, 0.717) is 22.7 Å². The van der Waals surface area contributed by atoms with Gasteiger partial charge in [-0.25, -0.2) is 9.48 Å². The van der Waals surface area contributed by atoms with Crippen LogP contribution in [0.15, 0.2) is 42.5 Å². The fourth-order valence-corrected chi connectivity index (χ4v) is 3.91. The number of nitrogens with zero attached hydrogens (tertiary/aromatic N) is 3. The molecule has 0 saturated heterocycles. The minimum atomic E-state index is -0.331. The Kier molecular flexibility index (Phi) is 6.79. The molecule has 0 bridgehead atoms. The van der Waals surface area contributed by atoms with E-state index in [4.69, 9.17) is 17.0 Å². The number of carbonyl (C=O) groups is 1. The molecule has 1 aromatic heterocycles. The van der Waals surface area contributed by atoms with Crippen LogP contribution in [0.4, 0.5) is 10.8 Å². The van der Waals surface area contributed by atoms with Gasteiger partial charge in [0.05, 0.1) is 19.3 Å². The van der Waals surface area contributed by atoms with Gasteiger partial charge in [-0.3, -0.25) is 4.90 Å². The minimum absolute atomic E-state index is 0.331. The number of anilines is 2. The summed E-state index contributed by atoms with van der Waals surface area (Å²) in [5.74, 6) is -0.331. The van der Waals surface area contributed by atoms with E-state index in [0.717, 1.165) is 16.4 Å². The summed E-state index contributed by atoms with van der Waals surface area (Å²) in [7, 11) is 3.39. The number of aromatic nitrogens is 2. The summed E-state index contributed by atoms with van der Waals surface area (Å²) in [6.45, 7) is 5.46. The van der Waals surface area contributed by atoms with Gasteiger partial charge in [0, 0.05) is 12.2 Å². The highest BCUT2D eigenvalue weighted by Crippen LogP contribution is 2.25. The first kappa shape index (κ1) is 21.2. The van der Waals surface area contributed by atoms with Gasteiger partial charge >= 0.3 is 5.97 Å². The highest BCUT2D eigenvalue weighted by Gasteiger charge is 2.10. The lowest BCUT2D eigenvalue weighted by Gasteiger charge is -2.16. The molecular formula is C21H24N4O2S2. The van der Waals surface area contributed by atoms with Crippen molar-refractivity contribution < 1.29 is 9.53 Å². The average Bonchev–Trinajstić information content (AvgIpc) is 3.04. The predicted octanol–water partition coefficient (Wildman–Crippen LogP) is 4.91. The number of aryl methyl sites for hydroxylation is 1. The van der Waals surface area contributed by atoms with Gasteiger partial charge in [0.15, 0.2) is 3.95 Å². The number of carbonyl (C=O) groups excluding carboxylic acids is 1. The average molecular weight is 429 g/mol. The Hall–Kier alpha value is -2.55. The Bertz CT molecular complexity index is 1060. The van der Waals surface area contributed by atoms with E-state index in [1.807, 2.05) is 36.0 Å². The van der Waals surface area contributed by atoms with E-state index in [-0.39, 0.29) is 5.97 Å². The fraction of sp³-hybridized carbons (Fsp3) is 0.286. The molecule has 0 spiro atoms. The van der Waals surface area contributed by atoms with Gasteiger partial charge in [-0.1, -0.05) is 35.6 Å². The number of methoxy groups -OCH3 is 1. The van der Waals surface area contributed by atoms with Crippen molar-refractivity contribution in [3.63, 3.8) is 0 Å². The van der Waals surface area contributed by atoms with Crippen molar-refractivity contribution >= 4 is 40.3 Å². The highest BCUT2D eigenvalue weighted by atomic mass is 32.1. The van der Waals surface area contributed by atoms with E-state index >= 15 is 0 Å². The Morgan fingerprint density at radius 1 is 1.24 bits per heavy atom. The van der Waals surface area contributed by atoms with Crippen LogP contribution >= 0.6 is 23.6 Å². The fourth-order valence-electron chi connectivity index (χ4n) is 2.90. The van der Waals surface area contributed by atoms with Crippen molar-refractivity contribution in [1.29, 1.82) is 0 Å². The molecule has 6 nitrogen and oxygen atoms in total. The van der Waals surface area contributed by atoms with Gasteiger partial charge in [-0.15, -0.1) is 5.10 Å². The second-order valence-corrected chi connectivity index (χ2v) is 8.51. The molecule has 0 radical (unpaired) electrons. The zero-order valence-corrected chi connectivity index (χ0v) is 18.6. The second kappa shape index (κ2) is 9.30. The van der Waals surface area contributed by atoms with Gasteiger partial charge in [0.25, 0.3) is 0 Å².